The molecule has 0 amide bonds. The van der Waals surface area contributed by atoms with E-state index in [2.05, 4.69) is 27.7 Å². The number of ether oxygens (including phenoxy) is 3. The molecule has 0 unspecified atom stereocenters. The van der Waals surface area contributed by atoms with Gasteiger partial charge in [0.15, 0.2) is 11.5 Å². The van der Waals surface area contributed by atoms with Crippen LogP contribution in [0, 0.1) is 11.8 Å². The molecule has 0 heterocycles. The van der Waals surface area contributed by atoms with Gasteiger partial charge in [0.05, 0.1) is 6.61 Å². The Morgan fingerprint density at radius 3 is 1.89 bits per heavy atom. The molecule has 1 rings (SSSR count). The van der Waals surface area contributed by atoms with Crippen LogP contribution < -0.4 is 14.2 Å². The first-order valence-corrected chi connectivity index (χ1v) is 10.0. The van der Waals surface area contributed by atoms with Crippen LogP contribution in [0.3, 0.4) is 0 Å². The van der Waals surface area contributed by atoms with Crippen molar-refractivity contribution in [2.24, 2.45) is 11.8 Å². The summed E-state index contributed by atoms with van der Waals surface area (Å²) in [6, 6.07) is 5.05. The van der Waals surface area contributed by atoms with Crippen molar-refractivity contribution in [3.05, 3.63) is 18.2 Å². The summed E-state index contributed by atoms with van der Waals surface area (Å²) in [4.78, 5) is 24.4. The summed E-state index contributed by atoms with van der Waals surface area (Å²) in [5.74, 6) is 1.22. The molecule has 0 aromatic heterocycles. The minimum atomic E-state index is -0.347. The van der Waals surface area contributed by atoms with E-state index in [0.717, 1.165) is 25.7 Å². The van der Waals surface area contributed by atoms with Crippen LogP contribution in [0.4, 0.5) is 0 Å². The van der Waals surface area contributed by atoms with Gasteiger partial charge in [-0.05, 0) is 43.7 Å². The predicted molar refractivity (Wildman–Crippen MR) is 106 cm³/mol. The Morgan fingerprint density at radius 1 is 0.852 bits per heavy atom. The van der Waals surface area contributed by atoms with E-state index < -0.39 is 0 Å². The zero-order valence-electron chi connectivity index (χ0n) is 17.4. The fourth-order valence-corrected chi connectivity index (χ4v) is 2.59. The Morgan fingerprint density at radius 2 is 1.37 bits per heavy atom. The first-order chi connectivity index (χ1) is 12.8. The molecule has 1 aromatic rings. The summed E-state index contributed by atoms with van der Waals surface area (Å²) in [6.45, 7) is 10.7. The number of para-hydroxylation sites is 1. The normalized spacial score (nSPS) is 10.9. The molecule has 0 fully saturated rings. The average Bonchev–Trinajstić information content (AvgIpc) is 2.57. The van der Waals surface area contributed by atoms with E-state index in [9.17, 15) is 9.59 Å². The van der Waals surface area contributed by atoms with Crippen molar-refractivity contribution in [2.75, 3.05) is 6.61 Å². The van der Waals surface area contributed by atoms with Gasteiger partial charge in [0.2, 0.25) is 5.75 Å². The van der Waals surface area contributed by atoms with Crippen LogP contribution in [0.15, 0.2) is 18.2 Å². The van der Waals surface area contributed by atoms with Gasteiger partial charge >= 0.3 is 11.9 Å². The molecule has 0 atom stereocenters. The minimum Gasteiger partial charge on any atom is -0.490 e. The molecule has 152 valence electrons. The highest BCUT2D eigenvalue weighted by Gasteiger charge is 2.19. The van der Waals surface area contributed by atoms with Gasteiger partial charge in [-0.3, -0.25) is 9.59 Å². The summed E-state index contributed by atoms with van der Waals surface area (Å²) in [6.07, 6.45) is 4.11. The SMILES string of the molecule is CCOc1cccc(OC(=O)CCCC(C)C)c1OC(=O)CCCC(C)C. The van der Waals surface area contributed by atoms with Crippen LogP contribution in [0.5, 0.6) is 17.2 Å². The molecular weight excluding hydrogens is 344 g/mol. The summed E-state index contributed by atoms with van der Waals surface area (Å²) < 4.78 is 16.5. The van der Waals surface area contributed by atoms with E-state index in [1.165, 1.54) is 0 Å². The summed E-state index contributed by atoms with van der Waals surface area (Å²) in [7, 11) is 0. The van der Waals surface area contributed by atoms with Crippen LogP contribution >= 0.6 is 0 Å². The van der Waals surface area contributed by atoms with Gasteiger partial charge < -0.3 is 14.2 Å². The topological polar surface area (TPSA) is 61.8 Å². The molecule has 5 heteroatoms. The van der Waals surface area contributed by atoms with E-state index in [1.807, 2.05) is 6.92 Å². The van der Waals surface area contributed by atoms with Crippen molar-refractivity contribution in [3.63, 3.8) is 0 Å². The molecule has 0 N–H and O–H groups in total. The first-order valence-electron chi connectivity index (χ1n) is 10.0. The number of carbonyl (C=O) groups is 2. The Labute approximate surface area is 163 Å². The zero-order chi connectivity index (χ0) is 20.2. The van der Waals surface area contributed by atoms with E-state index in [0.29, 0.717) is 37.0 Å². The second kappa shape index (κ2) is 12.4. The maximum Gasteiger partial charge on any atom is 0.311 e. The Bertz CT molecular complexity index is 592. The maximum absolute atomic E-state index is 12.2. The van der Waals surface area contributed by atoms with E-state index in [1.54, 1.807) is 18.2 Å². The van der Waals surface area contributed by atoms with Crippen molar-refractivity contribution < 1.29 is 23.8 Å². The second-order valence-electron chi connectivity index (χ2n) is 7.54. The largest absolute Gasteiger partial charge is 0.490 e. The van der Waals surface area contributed by atoms with Crippen LogP contribution in [0.1, 0.15) is 73.1 Å². The van der Waals surface area contributed by atoms with Gasteiger partial charge in [0, 0.05) is 12.8 Å². The third-order valence-electron chi connectivity index (χ3n) is 4.01. The number of hydrogen-bond donors (Lipinski definition) is 0. The lowest BCUT2D eigenvalue weighted by molar-refractivity contribution is -0.137. The minimum absolute atomic E-state index is 0.186. The standard InChI is InChI=1S/C22H34O5/c1-6-25-18-12-9-13-19(26-20(23)14-7-10-16(2)3)22(18)27-21(24)15-8-11-17(4)5/h9,12-13,16-17H,6-8,10-11,14-15H2,1-5H3. The molecule has 0 radical (unpaired) electrons. The lowest BCUT2D eigenvalue weighted by Crippen LogP contribution is -2.13. The Kier molecular flexibility index (Phi) is 10.5. The average molecular weight is 379 g/mol. The van der Waals surface area contributed by atoms with Crippen molar-refractivity contribution in [3.8, 4) is 17.2 Å². The highest BCUT2D eigenvalue weighted by Crippen LogP contribution is 2.38. The van der Waals surface area contributed by atoms with Crippen LogP contribution in [-0.2, 0) is 9.59 Å². The summed E-state index contributed by atoms with van der Waals surface area (Å²) >= 11 is 0. The van der Waals surface area contributed by atoms with Gasteiger partial charge in [0.1, 0.15) is 0 Å². The van der Waals surface area contributed by atoms with E-state index in [4.69, 9.17) is 14.2 Å². The third kappa shape index (κ3) is 9.45. The molecule has 0 spiro atoms. The molecule has 27 heavy (non-hydrogen) atoms. The van der Waals surface area contributed by atoms with Crippen molar-refractivity contribution in [2.45, 2.75) is 73.1 Å². The molecule has 0 aliphatic carbocycles. The van der Waals surface area contributed by atoms with Crippen molar-refractivity contribution >= 4 is 11.9 Å². The van der Waals surface area contributed by atoms with Gasteiger partial charge in [-0.2, -0.15) is 0 Å². The molecule has 5 nitrogen and oxygen atoms in total. The maximum atomic E-state index is 12.2. The first kappa shape index (κ1) is 23.0. The van der Waals surface area contributed by atoms with Crippen LogP contribution in [0.2, 0.25) is 0 Å². The van der Waals surface area contributed by atoms with E-state index >= 15 is 0 Å². The van der Waals surface area contributed by atoms with E-state index in [-0.39, 0.29) is 23.4 Å². The summed E-state index contributed by atoms with van der Waals surface area (Å²) in [5.41, 5.74) is 0. The molecule has 1 aromatic carbocycles. The highest BCUT2D eigenvalue weighted by atomic mass is 16.6. The van der Waals surface area contributed by atoms with Gasteiger partial charge in [-0.15, -0.1) is 0 Å². The van der Waals surface area contributed by atoms with Gasteiger partial charge in [-0.1, -0.05) is 46.6 Å². The molecule has 0 bridgehead atoms. The third-order valence-corrected chi connectivity index (χ3v) is 4.01. The zero-order valence-corrected chi connectivity index (χ0v) is 17.4. The number of hydrogen-bond acceptors (Lipinski definition) is 5. The smallest absolute Gasteiger partial charge is 0.311 e. The lowest BCUT2D eigenvalue weighted by Gasteiger charge is -2.15. The molecular formula is C22H34O5. The van der Waals surface area contributed by atoms with Gasteiger partial charge in [0.25, 0.3) is 0 Å². The fraction of sp³-hybridized carbons (Fsp3) is 0.636. The number of carbonyl (C=O) groups excluding carboxylic acids is 2. The summed E-state index contributed by atoms with van der Waals surface area (Å²) in [5, 5.41) is 0. The van der Waals surface area contributed by atoms with Gasteiger partial charge in [-0.25, -0.2) is 0 Å². The molecule has 0 aliphatic heterocycles. The molecule has 0 saturated heterocycles. The Balaban J connectivity index is 2.80. The highest BCUT2D eigenvalue weighted by molar-refractivity contribution is 5.77. The van der Waals surface area contributed by atoms with Crippen molar-refractivity contribution in [1.29, 1.82) is 0 Å². The number of benzene rings is 1. The predicted octanol–water partition coefficient (Wildman–Crippen LogP) is 5.55. The number of esters is 2. The quantitative estimate of drug-likeness (QED) is 0.352. The monoisotopic (exact) mass is 378 g/mol. The lowest BCUT2D eigenvalue weighted by atomic mass is 10.1. The second-order valence-corrected chi connectivity index (χ2v) is 7.54. The van der Waals surface area contributed by atoms with Crippen molar-refractivity contribution in [1.82, 2.24) is 0 Å². The molecule has 0 aliphatic rings. The Hall–Kier alpha value is -2.04. The molecule has 0 saturated carbocycles. The fourth-order valence-electron chi connectivity index (χ4n) is 2.59. The number of rotatable bonds is 12. The van der Waals surface area contributed by atoms with Crippen LogP contribution in [0.25, 0.3) is 0 Å². The van der Waals surface area contributed by atoms with Crippen LogP contribution in [-0.4, -0.2) is 18.5 Å².